The van der Waals surface area contributed by atoms with Crippen LogP contribution < -0.4 is 15.5 Å². The Labute approximate surface area is 153 Å². The maximum Gasteiger partial charge on any atom is 0.187 e. The van der Waals surface area contributed by atoms with Crippen LogP contribution >= 0.6 is 12.2 Å². The van der Waals surface area contributed by atoms with Crippen molar-refractivity contribution in [3.05, 3.63) is 35.9 Å². The van der Waals surface area contributed by atoms with Crippen LogP contribution in [-0.4, -0.2) is 29.6 Å². The molecule has 3 aliphatic carbocycles. The normalized spacial score (nSPS) is 32.1. The molecule has 5 atom stereocenters. The van der Waals surface area contributed by atoms with Crippen molar-refractivity contribution < 1.29 is 9.84 Å². The number of hydrogen-bond donors (Lipinski definition) is 3. The zero-order valence-electron chi connectivity index (χ0n) is 14.2. The largest absolute Gasteiger partial charge is 0.504 e. The van der Waals surface area contributed by atoms with Gasteiger partial charge in [-0.3, -0.25) is 5.43 Å². The highest BCUT2D eigenvalue weighted by Gasteiger charge is 2.52. The third-order valence-corrected chi connectivity index (χ3v) is 6.12. The molecule has 1 aromatic carbocycles. The monoisotopic (exact) mass is 357 g/mol. The van der Waals surface area contributed by atoms with Crippen molar-refractivity contribution in [2.24, 2.45) is 28.8 Å². The van der Waals surface area contributed by atoms with Crippen molar-refractivity contribution in [1.82, 2.24) is 10.7 Å². The first kappa shape index (κ1) is 16.4. The van der Waals surface area contributed by atoms with E-state index >= 15 is 0 Å². The van der Waals surface area contributed by atoms with E-state index in [-0.39, 0.29) is 5.75 Å². The SMILES string of the molecule is COc1cc(/C=N\NC(=S)NC2CC3CC2C2C=CCC32)ccc1O. The Morgan fingerprint density at radius 2 is 2.24 bits per heavy atom. The standard InChI is InChI=1S/C19H23N3O2S/c1-24-18-7-11(5-6-17(18)23)10-20-22-19(25)21-16-9-12-8-15(16)14-4-2-3-13(12)14/h2,4-7,10,12-16,23H,3,8-9H2,1H3,(H2,21,22,25)/b20-10-. The summed E-state index contributed by atoms with van der Waals surface area (Å²) in [6.07, 6.45) is 10.2. The van der Waals surface area contributed by atoms with E-state index in [2.05, 4.69) is 28.0 Å². The summed E-state index contributed by atoms with van der Waals surface area (Å²) in [4.78, 5) is 0. The second-order valence-electron chi connectivity index (χ2n) is 7.18. The number of hydrogen-bond acceptors (Lipinski definition) is 4. The average Bonchev–Trinajstić information content (AvgIpc) is 3.29. The molecule has 132 valence electrons. The van der Waals surface area contributed by atoms with E-state index in [0.29, 0.717) is 22.8 Å². The minimum Gasteiger partial charge on any atom is -0.504 e. The van der Waals surface area contributed by atoms with Crippen LogP contribution in [0.5, 0.6) is 11.5 Å². The molecular weight excluding hydrogens is 334 g/mol. The van der Waals surface area contributed by atoms with Crippen LogP contribution in [-0.2, 0) is 0 Å². The fraction of sp³-hybridized carbons (Fsp3) is 0.474. The van der Waals surface area contributed by atoms with Crippen molar-refractivity contribution in [3.8, 4) is 11.5 Å². The van der Waals surface area contributed by atoms with Gasteiger partial charge in [0.05, 0.1) is 13.3 Å². The van der Waals surface area contributed by atoms with Crippen LogP contribution in [0.1, 0.15) is 24.8 Å². The quantitative estimate of drug-likeness (QED) is 0.335. The maximum atomic E-state index is 9.60. The summed E-state index contributed by atoms with van der Waals surface area (Å²) in [5.74, 6) is 3.71. The molecule has 3 aliphatic rings. The van der Waals surface area contributed by atoms with Crippen LogP contribution in [0.2, 0.25) is 0 Å². The first-order valence-electron chi connectivity index (χ1n) is 8.79. The summed E-state index contributed by atoms with van der Waals surface area (Å²) in [5, 5.41) is 17.8. The third kappa shape index (κ3) is 3.11. The van der Waals surface area contributed by atoms with Crippen LogP contribution in [0.4, 0.5) is 0 Å². The van der Waals surface area contributed by atoms with Crippen molar-refractivity contribution in [2.45, 2.75) is 25.3 Å². The molecule has 2 fully saturated rings. The van der Waals surface area contributed by atoms with Crippen LogP contribution in [0, 0.1) is 23.7 Å². The summed E-state index contributed by atoms with van der Waals surface area (Å²) in [6.45, 7) is 0. The Balaban J connectivity index is 1.30. The van der Waals surface area contributed by atoms with Crippen molar-refractivity contribution >= 4 is 23.5 Å². The molecule has 1 aromatic rings. The summed E-state index contributed by atoms with van der Waals surface area (Å²) in [6, 6.07) is 5.52. The molecule has 0 saturated heterocycles. The topological polar surface area (TPSA) is 65.9 Å². The molecule has 0 heterocycles. The average molecular weight is 357 g/mol. The summed E-state index contributed by atoms with van der Waals surface area (Å²) < 4.78 is 5.09. The smallest absolute Gasteiger partial charge is 0.187 e. The zero-order valence-corrected chi connectivity index (χ0v) is 15.0. The lowest BCUT2D eigenvalue weighted by atomic mass is 9.79. The van der Waals surface area contributed by atoms with Crippen LogP contribution in [0.3, 0.4) is 0 Å². The van der Waals surface area contributed by atoms with E-state index in [1.54, 1.807) is 24.4 Å². The Morgan fingerprint density at radius 1 is 1.36 bits per heavy atom. The fourth-order valence-electron chi connectivity index (χ4n) is 4.85. The molecular formula is C19H23N3O2S. The molecule has 0 spiro atoms. The van der Waals surface area contributed by atoms with Gasteiger partial charge in [0.25, 0.3) is 0 Å². The van der Waals surface area contributed by atoms with Crippen molar-refractivity contribution in [2.75, 3.05) is 7.11 Å². The highest BCUT2D eigenvalue weighted by Crippen LogP contribution is 2.56. The lowest BCUT2D eigenvalue weighted by Crippen LogP contribution is -2.45. The van der Waals surface area contributed by atoms with Gasteiger partial charge < -0.3 is 15.2 Å². The maximum absolute atomic E-state index is 9.60. The lowest BCUT2D eigenvalue weighted by molar-refractivity contribution is 0.246. The van der Waals surface area contributed by atoms with Gasteiger partial charge in [0.15, 0.2) is 16.6 Å². The van der Waals surface area contributed by atoms with E-state index in [1.807, 2.05) is 0 Å². The molecule has 0 aromatic heterocycles. The number of methoxy groups -OCH3 is 1. The molecule has 4 rings (SSSR count). The van der Waals surface area contributed by atoms with Crippen molar-refractivity contribution in [1.29, 1.82) is 0 Å². The van der Waals surface area contributed by atoms with Gasteiger partial charge in [-0.1, -0.05) is 12.2 Å². The number of aromatic hydroxyl groups is 1. The molecule has 25 heavy (non-hydrogen) atoms. The number of benzene rings is 1. The number of fused-ring (bicyclic) bond motifs is 5. The Morgan fingerprint density at radius 3 is 3.08 bits per heavy atom. The summed E-state index contributed by atoms with van der Waals surface area (Å²) in [5.41, 5.74) is 3.72. The number of thiocarbonyl (C=S) groups is 1. The molecule has 5 unspecified atom stereocenters. The minimum absolute atomic E-state index is 0.111. The number of phenolic OH excluding ortho intramolecular Hbond substituents is 1. The number of rotatable bonds is 4. The number of hydrazone groups is 1. The van der Waals surface area contributed by atoms with E-state index in [4.69, 9.17) is 17.0 Å². The van der Waals surface area contributed by atoms with E-state index in [9.17, 15) is 5.11 Å². The molecule has 2 bridgehead atoms. The Kier molecular flexibility index (Phi) is 4.37. The first-order valence-corrected chi connectivity index (χ1v) is 9.20. The summed E-state index contributed by atoms with van der Waals surface area (Å²) >= 11 is 5.39. The van der Waals surface area contributed by atoms with Gasteiger partial charge in [0, 0.05) is 6.04 Å². The van der Waals surface area contributed by atoms with Crippen LogP contribution in [0.15, 0.2) is 35.5 Å². The van der Waals surface area contributed by atoms with Gasteiger partial charge >= 0.3 is 0 Å². The van der Waals surface area contributed by atoms with E-state index < -0.39 is 0 Å². The highest BCUT2D eigenvalue weighted by molar-refractivity contribution is 7.80. The molecule has 0 amide bonds. The fourth-order valence-corrected chi connectivity index (χ4v) is 5.06. The van der Waals surface area contributed by atoms with Crippen molar-refractivity contribution in [3.63, 3.8) is 0 Å². The van der Waals surface area contributed by atoms with E-state index in [0.717, 1.165) is 23.3 Å². The number of nitrogens with one attached hydrogen (secondary N) is 2. The van der Waals surface area contributed by atoms with Gasteiger partial charge in [-0.25, -0.2) is 0 Å². The first-order chi connectivity index (χ1) is 12.2. The van der Waals surface area contributed by atoms with Gasteiger partial charge in [0.1, 0.15) is 0 Å². The zero-order chi connectivity index (χ0) is 17.4. The third-order valence-electron chi connectivity index (χ3n) is 5.91. The molecule has 0 aliphatic heterocycles. The second kappa shape index (κ2) is 6.67. The Bertz CT molecular complexity index is 733. The predicted octanol–water partition coefficient (Wildman–Crippen LogP) is 2.80. The summed E-state index contributed by atoms with van der Waals surface area (Å²) in [7, 11) is 1.52. The number of ether oxygens (including phenoxy) is 1. The number of nitrogens with zero attached hydrogens (tertiary/aromatic N) is 1. The Hall–Kier alpha value is -2.08. The minimum atomic E-state index is 0.111. The van der Waals surface area contributed by atoms with Gasteiger partial charge in [-0.05, 0) is 78.9 Å². The second-order valence-corrected chi connectivity index (χ2v) is 7.59. The lowest BCUT2D eigenvalue weighted by Gasteiger charge is -2.32. The molecule has 5 nitrogen and oxygen atoms in total. The van der Waals surface area contributed by atoms with Gasteiger partial charge in [-0.2, -0.15) is 5.10 Å². The number of allylic oxidation sites excluding steroid dienone is 2. The molecule has 0 radical (unpaired) electrons. The van der Waals surface area contributed by atoms with E-state index in [1.165, 1.54) is 26.4 Å². The predicted molar refractivity (Wildman–Crippen MR) is 102 cm³/mol. The van der Waals surface area contributed by atoms with Gasteiger partial charge in [0.2, 0.25) is 0 Å². The van der Waals surface area contributed by atoms with Crippen LogP contribution in [0.25, 0.3) is 0 Å². The number of phenols is 1. The molecule has 3 N–H and O–H groups in total. The van der Waals surface area contributed by atoms with Gasteiger partial charge in [-0.15, -0.1) is 0 Å². The molecule has 6 heteroatoms. The highest BCUT2D eigenvalue weighted by atomic mass is 32.1. The molecule has 2 saturated carbocycles.